The average Bonchev–Trinajstić information content (AvgIpc) is 2.31. The number of hydrogen-bond donors (Lipinski definition) is 0. The molecule has 1 rings (SSSR count). The Morgan fingerprint density at radius 2 is 2.25 bits per heavy atom. The number of rotatable bonds is 4. The van der Waals surface area contributed by atoms with Crippen molar-refractivity contribution in [2.75, 3.05) is 32.9 Å². The molecule has 1 saturated heterocycles. The van der Waals surface area contributed by atoms with E-state index in [2.05, 4.69) is 9.89 Å². The fraction of sp³-hybridized carbons (Fsp3) is 0.667. The van der Waals surface area contributed by atoms with Gasteiger partial charge in [-0.25, -0.2) is 4.79 Å². The highest BCUT2D eigenvalue weighted by Gasteiger charge is 2.15. The summed E-state index contributed by atoms with van der Waals surface area (Å²) in [5.41, 5.74) is -0.395. The van der Waals surface area contributed by atoms with Crippen LogP contribution in [0.5, 0.6) is 0 Å². The lowest BCUT2D eigenvalue weighted by Gasteiger charge is -2.22. The van der Waals surface area contributed by atoms with Crippen LogP contribution in [0.25, 0.3) is 0 Å². The van der Waals surface area contributed by atoms with Crippen LogP contribution in [0.3, 0.4) is 0 Å². The van der Waals surface area contributed by atoms with E-state index in [1.54, 1.807) is 13.0 Å². The SMILES string of the molecule is CCOC(=O)/C(C#N)=N/ON1CCOCC1. The van der Waals surface area contributed by atoms with E-state index < -0.39 is 11.7 Å². The number of nitriles is 1. The van der Waals surface area contributed by atoms with Crippen LogP contribution in [0.1, 0.15) is 6.92 Å². The Morgan fingerprint density at radius 3 is 2.81 bits per heavy atom. The van der Waals surface area contributed by atoms with Crippen molar-refractivity contribution in [3.8, 4) is 6.07 Å². The van der Waals surface area contributed by atoms with Crippen molar-refractivity contribution in [2.45, 2.75) is 6.92 Å². The van der Waals surface area contributed by atoms with Gasteiger partial charge in [0.15, 0.2) is 0 Å². The molecule has 7 nitrogen and oxygen atoms in total. The van der Waals surface area contributed by atoms with Gasteiger partial charge in [-0.2, -0.15) is 5.26 Å². The van der Waals surface area contributed by atoms with Crippen molar-refractivity contribution >= 4 is 11.7 Å². The Kier molecular flexibility index (Phi) is 5.25. The highest BCUT2D eigenvalue weighted by atomic mass is 16.8. The maximum absolute atomic E-state index is 11.1. The van der Waals surface area contributed by atoms with Gasteiger partial charge in [-0.05, 0) is 12.1 Å². The molecule has 1 heterocycles. The van der Waals surface area contributed by atoms with Crippen molar-refractivity contribution in [3.63, 3.8) is 0 Å². The van der Waals surface area contributed by atoms with Crippen molar-refractivity contribution < 1.29 is 19.2 Å². The first-order valence-electron chi connectivity index (χ1n) is 4.93. The molecule has 0 amide bonds. The fourth-order valence-corrected chi connectivity index (χ4v) is 1.03. The Bertz CT molecular complexity index is 304. The minimum atomic E-state index is -0.779. The van der Waals surface area contributed by atoms with Gasteiger partial charge in [-0.3, -0.25) is 4.94 Å². The number of ether oxygens (including phenoxy) is 2. The molecular weight excluding hydrogens is 214 g/mol. The lowest BCUT2D eigenvalue weighted by atomic mass is 10.4. The zero-order valence-electron chi connectivity index (χ0n) is 9.01. The maximum atomic E-state index is 11.1. The van der Waals surface area contributed by atoms with Gasteiger partial charge in [0.1, 0.15) is 6.07 Å². The lowest BCUT2D eigenvalue weighted by Crippen LogP contribution is -2.35. The first kappa shape index (κ1) is 12.4. The minimum absolute atomic E-state index is 0.192. The summed E-state index contributed by atoms with van der Waals surface area (Å²) in [7, 11) is 0. The first-order chi connectivity index (χ1) is 7.77. The quantitative estimate of drug-likeness (QED) is 0.372. The Hall–Kier alpha value is -1.65. The second kappa shape index (κ2) is 6.76. The fourth-order valence-electron chi connectivity index (χ4n) is 1.03. The molecule has 7 heteroatoms. The Balaban J connectivity index is 2.46. The van der Waals surface area contributed by atoms with Crippen LogP contribution >= 0.6 is 0 Å². The Labute approximate surface area is 93.1 Å². The van der Waals surface area contributed by atoms with Gasteiger partial charge in [-0.1, -0.05) is 0 Å². The van der Waals surface area contributed by atoms with Crippen molar-refractivity contribution in [2.24, 2.45) is 5.16 Å². The van der Waals surface area contributed by atoms with E-state index in [-0.39, 0.29) is 6.61 Å². The first-order valence-corrected chi connectivity index (χ1v) is 4.93. The summed E-state index contributed by atoms with van der Waals surface area (Å²) in [6.45, 7) is 4.01. The molecule has 16 heavy (non-hydrogen) atoms. The number of carbonyl (C=O) groups excluding carboxylic acids is 1. The lowest BCUT2D eigenvalue weighted by molar-refractivity contribution is -0.194. The van der Waals surface area contributed by atoms with Crippen LogP contribution in [0.15, 0.2) is 5.16 Å². The van der Waals surface area contributed by atoms with Gasteiger partial charge in [0.05, 0.1) is 32.9 Å². The molecule has 0 radical (unpaired) electrons. The van der Waals surface area contributed by atoms with Crippen LogP contribution in [0.2, 0.25) is 0 Å². The predicted molar refractivity (Wildman–Crippen MR) is 53.2 cm³/mol. The van der Waals surface area contributed by atoms with Gasteiger partial charge < -0.3 is 9.47 Å². The van der Waals surface area contributed by atoms with Crippen LogP contribution in [-0.4, -0.2) is 49.7 Å². The maximum Gasteiger partial charge on any atom is 0.371 e. The summed E-state index contributed by atoms with van der Waals surface area (Å²) >= 11 is 0. The number of nitrogens with zero attached hydrogens (tertiary/aromatic N) is 3. The highest BCUT2D eigenvalue weighted by Crippen LogP contribution is 1.98. The van der Waals surface area contributed by atoms with Crippen LogP contribution in [0, 0.1) is 11.3 Å². The zero-order valence-corrected chi connectivity index (χ0v) is 9.01. The van der Waals surface area contributed by atoms with E-state index >= 15 is 0 Å². The summed E-state index contributed by atoms with van der Waals surface area (Å²) in [5.74, 6) is -0.779. The molecule has 0 N–H and O–H groups in total. The Morgan fingerprint density at radius 1 is 1.56 bits per heavy atom. The minimum Gasteiger partial charge on any atom is -0.461 e. The summed E-state index contributed by atoms with van der Waals surface area (Å²) < 4.78 is 9.71. The topological polar surface area (TPSA) is 84.2 Å². The average molecular weight is 227 g/mol. The normalized spacial score (nSPS) is 17.6. The van der Waals surface area contributed by atoms with Crippen molar-refractivity contribution in [3.05, 3.63) is 0 Å². The molecule has 0 aromatic rings. The van der Waals surface area contributed by atoms with Gasteiger partial charge in [0.2, 0.25) is 0 Å². The summed E-state index contributed by atoms with van der Waals surface area (Å²) in [4.78, 5) is 16.1. The predicted octanol–water partition coefficient (Wildman–Crippen LogP) is -0.307. The second-order valence-corrected chi connectivity index (χ2v) is 2.90. The molecule has 0 atom stereocenters. The number of morpholine rings is 1. The summed E-state index contributed by atoms with van der Waals surface area (Å²) in [5, 5.41) is 13.6. The van der Waals surface area contributed by atoms with E-state index in [1.165, 1.54) is 5.06 Å². The van der Waals surface area contributed by atoms with Crippen molar-refractivity contribution in [1.29, 1.82) is 5.26 Å². The largest absolute Gasteiger partial charge is 0.461 e. The third kappa shape index (κ3) is 3.84. The number of hydroxylamine groups is 2. The molecule has 0 aliphatic carbocycles. The van der Waals surface area contributed by atoms with E-state index in [0.29, 0.717) is 26.3 Å². The summed E-state index contributed by atoms with van der Waals surface area (Å²) in [6, 6.07) is 1.62. The van der Waals surface area contributed by atoms with Crippen LogP contribution in [-0.2, 0) is 19.2 Å². The monoisotopic (exact) mass is 227 g/mol. The second-order valence-electron chi connectivity index (χ2n) is 2.90. The van der Waals surface area contributed by atoms with E-state index in [1.807, 2.05) is 0 Å². The van der Waals surface area contributed by atoms with Gasteiger partial charge in [-0.15, -0.1) is 5.06 Å². The van der Waals surface area contributed by atoms with Gasteiger partial charge >= 0.3 is 5.97 Å². The van der Waals surface area contributed by atoms with E-state index in [9.17, 15) is 4.79 Å². The number of hydrogen-bond acceptors (Lipinski definition) is 7. The van der Waals surface area contributed by atoms with Gasteiger partial charge in [0, 0.05) is 0 Å². The molecule has 0 aromatic heterocycles. The molecule has 0 aromatic carbocycles. The van der Waals surface area contributed by atoms with E-state index in [0.717, 1.165) is 0 Å². The molecule has 1 fully saturated rings. The molecule has 0 unspecified atom stereocenters. The molecule has 0 bridgehead atoms. The molecule has 0 saturated carbocycles. The third-order valence-corrected chi connectivity index (χ3v) is 1.79. The van der Waals surface area contributed by atoms with Gasteiger partial charge in [0.25, 0.3) is 5.71 Å². The number of oxime groups is 1. The molecule has 0 spiro atoms. The van der Waals surface area contributed by atoms with Crippen molar-refractivity contribution in [1.82, 2.24) is 5.06 Å². The van der Waals surface area contributed by atoms with Crippen LogP contribution in [0.4, 0.5) is 0 Å². The smallest absolute Gasteiger partial charge is 0.371 e. The third-order valence-electron chi connectivity index (χ3n) is 1.79. The highest BCUT2D eigenvalue weighted by molar-refractivity contribution is 6.42. The molecule has 1 aliphatic rings. The molecule has 88 valence electrons. The van der Waals surface area contributed by atoms with E-state index in [4.69, 9.17) is 14.9 Å². The zero-order chi connectivity index (χ0) is 11.8. The number of esters is 1. The standard InChI is InChI=1S/C9H13N3O4/c1-2-15-9(13)8(7-10)11-16-12-3-5-14-6-4-12/h2-6H2,1H3/b11-8+. The molecular formula is C9H13N3O4. The summed E-state index contributed by atoms with van der Waals surface area (Å²) in [6.07, 6.45) is 0. The number of carbonyl (C=O) groups is 1. The van der Waals surface area contributed by atoms with Crippen LogP contribution < -0.4 is 0 Å². The molecule has 1 aliphatic heterocycles.